The van der Waals surface area contributed by atoms with Crippen molar-refractivity contribution in [3.05, 3.63) is 54.3 Å². The summed E-state index contributed by atoms with van der Waals surface area (Å²) in [5.41, 5.74) is 7.73. The van der Waals surface area contributed by atoms with Crippen LogP contribution in [0.25, 0.3) is 22.1 Å². The van der Waals surface area contributed by atoms with Gasteiger partial charge in [0.25, 0.3) is 5.91 Å². The maximum atomic E-state index is 12.1. The quantitative estimate of drug-likeness (QED) is 0.564. The number of nitrogens with one attached hydrogen (secondary N) is 2. The molecule has 24 heavy (non-hydrogen) atoms. The van der Waals surface area contributed by atoms with Crippen LogP contribution in [0.15, 0.2) is 58.0 Å². The Kier molecular flexibility index (Phi) is 4.57. The van der Waals surface area contributed by atoms with Gasteiger partial charge >= 0.3 is 0 Å². The molecule has 2 amide bonds. The normalized spacial score (nSPS) is 10.6. The minimum atomic E-state index is -0.378. The number of amides is 2. The number of hydrogen-bond acceptors (Lipinski definition) is 4. The molecular weight excluding hydrogens is 324 g/mol. The molecule has 3 aromatic rings. The van der Waals surface area contributed by atoms with Gasteiger partial charge in [0.1, 0.15) is 5.58 Å². The van der Waals surface area contributed by atoms with Gasteiger partial charge in [0.2, 0.25) is 5.91 Å². The van der Waals surface area contributed by atoms with Crippen molar-refractivity contribution in [3.8, 4) is 11.1 Å². The predicted molar refractivity (Wildman–Crippen MR) is 94.7 cm³/mol. The summed E-state index contributed by atoms with van der Waals surface area (Å²) < 4.78 is 5.59. The van der Waals surface area contributed by atoms with Crippen LogP contribution < -0.4 is 10.9 Å². The van der Waals surface area contributed by atoms with Crippen LogP contribution in [0.4, 0.5) is 0 Å². The summed E-state index contributed by atoms with van der Waals surface area (Å²) in [7, 11) is 0. The summed E-state index contributed by atoms with van der Waals surface area (Å²) in [4.78, 5) is 24.2. The molecule has 3 rings (SSSR count). The van der Waals surface area contributed by atoms with Gasteiger partial charge in [0, 0.05) is 28.3 Å². The van der Waals surface area contributed by atoms with Crippen molar-refractivity contribution in [2.45, 2.75) is 11.8 Å². The van der Waals surface area contributed by atoms with Gasteiger partial charge in [-0.15, -0.1) is 11.8 Å². The Morgan fingerprint density at radius 1 is 1.04 bits per heavy atom. The van der Waals surface area contributed by atoms with Crippen molar-refractivity contribution in [2.24, 2.45) is 0 Å². The number of rotatable bonds is 3. The first-order valence-electron chi connectivity index (χ1n) is 7.31. The van der Waals surface area contributed by atoms with Crippen molar-refractivity contribution >= 4 is 34.5 Å². The number of furan rings is 1. The van der Waals surface area contributed by atoms with Crippen LogP contribution >= 0.6 is 11.8 Å². The Labute approximate surface area is 143 Å². The highest BCUT2D eigenvalue weighted by Gasteiger charge is 2.12. The second kappa shape index (κ2) is 6.80. The van der Waals surface area contributed by atoms with Crippen LogP contribution in [-0.2, 0) is 4.79 Å². The second-order valence-corrected chi connectivity index (χ2v) is 6.10. The highest BCUT2D eigenvalue weighted by Crippen LogP contribution is 2.32. The summed E-state index contributed by atoms with van der Waals surface area (Å²) in [6.07, 6.45) is 3.72. The molecule has 0 bridgehead atoms. The molecule has 2 N–H and O–H groups in total. The molecule has 0 atom stereocenters. The Morgan fingerprint density at radius 2 is 1.79 bits per heavy atom. The van der Waals surface area contributed by atoms with Crippen LogP contribution in [0.2, 0.25) is 0 Å². The van der Waals surface area contributed by atoms with E-state index < -0.39 is 0 Å². The molecule has 2 aromatic carbocycles. The molecule has 0 aliphatic rings. The van der Waals surface area contributed by atoms with Crippen molar-refractivity contribution < 1.29 is 14.0 Å². The van der Waals surface area contributed by atoms with E-state index in [-0.39, 0.29) is 11.8 Å². The SMILES string of the molecule is CSc1ccc(-c2coc3ccc(C(=O)NNC(C)=O)cc23)cc1. The van der Waals surface area contributed by atoms with E-state index in [4.69, 9.17) is 4.42 Å². The average molecular weight is 340 g/mol. The number of fused-ring (bicyclic) bond motifs is 1. The largest absolute Gasteiger partial charge is 0.464 e. The minimum Gasteiger partial charge on any atom is -0.464 e. The number of benzene rings is 2. The molecule has 0 aliphatic heterocycles. The molecule has 0 aliphatic carbocycles. The first-order chi connectivity index (χ1) is 11.6. The Morgan fingerprint density at radius 3 is 2.46 bits per heavy atom. The number of carbonyl (C=O) groups excluding carboxylic acids is 2. The third-order valence-electron chi connectivity index (χ3n) is 3.59. The lowest BCUT2D eigenvalue weighted by Gasteiger charge is -2.05. The van der Waals surface area contributed by atoms with E-state index in [1.165, 1.54) is 11.8 Å². The van der Waals surface area contributed by atoms with E-state index in [0.29, 0.717) is 11.1 Å². The molecule has 0 saturated heterocycles. The summed E-state index contributed by atoms with van der Waals surface area (Å²) in [5.74, 6) is -0.709. The molecule has 0 saturated carbocycles. The minimum absolute atomic E-state index is 0.331. The van der Waals surface area contributed by atoms with E-state index >= 15 is 0 Å². The zero-order valence-electron chi connectivity index (χ0n) is 13.3. The van der Waals surface area contributed by atoms with Gasteiger partial charge in [-0.2, -0.15) is 0 Å². The molecule has 0 radical (unpaired) electrons. The molecule has 6 heteroatoms. The van der Waals surface area contributed by atoms with E-state index in [9.17, 15) is 9.59 Å². The highest BCUT2D eigenvalue weighted by atomic mass is 32.2. The summed E-state index contributed by atoms with van der Waals surface area (Å²) in [5, 5.41) is 0.849. The van der Waals surface area contributed by atoms with Gasteiger partial charge in [0.05, 0.1) is 6.26 Å². The van der Waals surface area contributed by atoms with Crippen molar-refractivity contribution in [3.63, 3.8) is 0 Å². The van der Waals surface area contributed by atoms with Gasteiger partial charge in [-0.3, -0.25) is 20.4 Å². The van der Waals surface area contributed by atoms with Gasteiger partial charge in [-0.05, 0) is 42.2 Å². The molecule has 122 valence electrons. The van der Waals surface area contributed by atoms with Crippen molar-refractivity contribution in [2.75, 3.05) is 6.26 Å². The molecule has 1 aromatic heterocycles. The number of hydrogen-bond donors (Lipinski definition) is 2. The monoisotopic (exact) mass is 340 g/mol. The number of thioether (sulfide) groups is 1. The lowest BCUT2D eigenvalue weighted by molar-refractivity contribution is -0.119. The lowest BCUT2D eigenvalue weighted by atomic mass is 10.0. The fourth-order valence-electron chi connectivity index (χ4n) is 2.38. The molecular formula is C18H16N2O3S. The number of hydrazine groups is 1. The maximum Gasteiger partial charge on any atom is 0.269 e. The summed E-state index contributed by atoms with van der Waals surface area (Å²) in [6, 6.07) is 13.3. The van der Waals surface area contributed by atoms with Crippen LogP contribution in [0.1, 0.15) is 17.3 Å². The topological polar surface area (TPSA) is 71.3 Å². The summed E-state index contributed by atoms with van der Waals surface area (Å²) >= 11 is 1.68. The zero-order valence-corrected chi connectivity index (χ0v) is 14.1. The second-order valence-electron chi connectivity index (χ2n) is 5.22. The Bertz CT molecular complexity index is 900. The maximum absolute atomic E-state index is 12.1. The lowest BCUT2D eigenvalue weighted by Crippen LogP contribution is -2.40. The van der Waals surface area contributed by atoms with E-state index in [2.05, 4.69) is 10.9 Å². The van der Waals surface area contributed by atoms with Crippen LogP contribution in [-0.4, -0.2) is 18.1 Å². The van der Waals surface area contributed by atoms with E-state index in [0.717, 1.165) is 16.5 Å². The molecule has 0 fully saturated rings. The van der Waals surface area contributed by atoms with Gasteiger partial charge in [-0.1, -0.05) is 12.1 Å². The van der Waals surface area contributed by atoms with E-state index in [1.54, 1.807) is 36.2 Å². The smallest absolute Gasteiger partial charge is 0.269 e. The molecule has 1 heterocycles. The standard InChI is InChI=1S/C18H16N2O3S/c1-11(21)19-20-18(22)13-5-8-17-15(9-13)16(10-23-17)12-3-6-14(24-2)7-4-12/h3-10H,1-2H3,(H,19,21)(H,20,22). The van der Waals surface area contributed by atoms with Crippen molar-refractivity contribution in [1.82, 2.24) is 10.9 Å². The van der Waals surface area contributed by atoms with Crippen LogP contribution in [0, 0.1) is 0 Å². The first-order valence-corrected chi connectivity index (χ1v) is 8.53. The third-order valence-corrected chi connectivity index (χ3v) is 4.33. The predicted octanol–water partition coefficient (Wildman–Crippen LogP) is 3.60. The third kappa shape index (κ3) is 3.28. The zero-order chi connectivity index (χ0) is 17.1. The molecule has 0 unspecified atom stereocenters. The van der Waals surface area contributed by atoms with E-state index in [1.807, 2.05) is 30.5 Å². The van der Waals surface area contributed by atoms with Gasteiger partial charge in [0.15, 0.2) is 0 Å². The molecule has 0 spiro atoms. The Balaban J connectivity index is 1.96. The number of carbonyl (C=O) groups is 2. The van der Waals surface area contributed by atoms with Crippen LogP contribution in [0.5, 0.6) is 0 Å². The Hall–Kier alpha value is -2.73. The van der Waals surface area contributed by atoms with Crippen LogP contribution in [0.3, 0.4) is 0 Å². The fourth-order valence-corrected chi connectivity index (χ4v) is 2.79. The molecule has 5 nitrogen and oxygen atoms in total. The first kappa shape index (κ1) is 16.1. The fraction of sp³-hybridized carbons (Fsp3) is 0.111. The average Bonchev–Trinajstić information content (AvgIpc) is 3.02. The van der Waals surface area contributed by atoms with Crippen molar-refractivity contribution in [1.29, 1.82) is 0 Å². The van der Waals surface area contributed by atoms with Gasteiger partial charge in [-0.25, -0.2) is 0 Å². The summed E-state index contributed by atoms with van der Waals surface area (Å²) in [6.45, 7) is 1.33. The highest BCUT2D eigenvalue weighted by molar-refractivity contribution is 7.98. The van der Waals surface area contributed by atoms with Gasteiger partial charge < -0.3 is 4.42 Å².